The van der Waals surface area contributed by atoms with Crippen LogP contribution in [0.3, 0.4) is 0 Å². The highest BCUT2D eigenvalue weighted by atomic mass is 16.5. The van der Waals surface area contributed by atoms with Crippen LogP contribution in [0.5, 0.6) is 0 Å². The lowest BCUT2D eigenvalue weighted by Crippen LogP contribution is -2.43. The van der Waals surface area contributed by atoms with Crippen LogP contribution in [0.2, 0.25) is 0 Å². The van der Waals surface area contributed by atoms with Gasteiger partial charge in [0.15, 0.2) is 0 Å². The van der Waals surface area contributed by atoms with Gasteiger partial charge in [0.05, 0.1) is 18.1 Å². The predicted octanol–water partition coefficient (Wildman–Crippen LogP) is 4.24. The Balaban J connectivity index is 2.13. The highest BCUT2D eigenvalue weighted by molar-refractivity contribution is 5.79. The van der Waals surface area contributed by atoms with Gasteiger partial charge < -0.3 is 14.8 Å². The van der Waals surface area contributed by atoms with Crippen molar-refractivity contribution in [2.75, 3.05) is 6.61 Å². The number of rotatable bonds is 7. The monoisotopic (exact) mass is 355 g/mol. The summed E-state index contributed by atoms with van der Waals surface area (Å²) >= 11 is 0. The molecule has 1 N–H and O–H groups in total. The van der Waals surface area contributed by atoms with E-state index in [1.165, 1.54) is 0 Å². The Morgan fingerprint density at radius 1 is 0.962 bits per heavy atom. The van der Waals surface area contributed by atoms with Gasteiger partial charge in [0.1, 0.15) is 6.61 Å². The molecule has 5 heteroatoms. The van der Waals surface area contributed by atoms with Crippen LogP contribution in [0.15, 0.2) is 60.7 Å². The molecule has 0 aliphatic carbocycles. The Morgan fingerprint density at radius 2 is 1.54 bits per heavy atom. The van der Waals surface area contributed by atoms with Gasteiger partial charge in [0, 0.05) is 0 Å². The van der Waals surface area contributed by atoms with E-state index >= 15 is 0 Å². The van der Waals surface area contributed by atoms with Crippen LogP contribution in [0.4, 0.5) is 4.79 Å². The van der Waals surface area contributed by atoms with E-state index in [4.69, 9.17) is 9.47 Å². The molecule has 1 unspecified atom stereocenters. The van der Waals surface area contributed by atoms with Gasteiger partial charge >= 0.3 is 12.1 Å². The summed E-state index contributed by atoms with van der Waals surface area (Å²) in [4.78, 5) is 24.8. The molecule has 0 heterocycles. The van der Waals surface area contributed by atoms with Crippen LogP contribution in [0.25, 0.3) is 0 Å². The molecular formula is C21H25NO4. The summed E-state index contributed by atoms with van der Waals surface area (Å²) in [5.74, 6) is -0.378. The Kier molecular flexibility index (Phi) is 6.78. The van der Waals surface area contributed by atoms with Crippen LogP contribution in [0.1, 0.15) is 37.9 Å². The van der Waals surface area contributed by atoms with E-state index < -0.39 is 17.6 Å². The molecule has 1 amide bonds. The minimum atomic E-state index is -0.955. The lowest BCUT2D eigenvalue weighted by Gasteiger charge is -2.32. The summed E-state index contributed by atoms with van der Waals surface area (Å²) in [6, 6.07) is 18.2. The molecule has 0 aliphatic rings. The zero-order valence-corrected chi connectivity index (χ0v) is 15.4. The second-order valence-electron chi connectivity index (χ2n) is 6.49. The van der Waals surface area contributed by atoms with E-state index in [1.807, 2.05) is 60.7 Å². The molecule has 2 rings (SSSR count). The first-order valence-electron chi connectivity index (χ1n) is 8.64. The zero-order chi connectivity index (χ0) is 19.0. The molecule has 0 aliphatic heterocycles. The van der Waals surface area contributed by atoms with Gasteiger partial charge in [-0.2, -0.15) is 0 Å². The van der Waals surface area contributed by atoms with Crippen LogP contribution in [-0.4, -0.2) is 18.7 Å². The van der Waals surface area contributed by atoms with Crippen molar-refractivity contribution < 1.29 is 19.1 Å². The molecule has 0 saturated carbocycles. The third kappa shape index (κ3) is 5.09. The summed E-state index contributed by atoms with van der Waals surface area (Å²) in [5, 5.41) is 2.82. The lowest BCUT2D eigenvalue weighted by atomic mass is 9.80. The summed E-state index contributed by atoms with van der Waals surface area (Å²) in [5.41, 5.74) is 0.745. The number of ether oxygens (including phenoxy) is 2. The first-order chi connectivity index (χ1) is 12.4. The average Bonchev–Trinajstić information content (AvgIpc) is 2.66. The molecule has 5 nitrogen and oxygen atoms in total. The van der Waals surface area contributed by atoms with Crippen molar-refractivity contribution in [3.05, 3.63) is 71.8 Å². The van der Waals surface area contributed by atoms with Gasteiger partial charge in [-0.1, -0.05) is 60.7 Å². The fraction of sp³-hybridized carbons (Fsp3) is 0.333. The largest absolute Gasteiger partial charge is 0.466 e. The standard InChI is InChI=1S/C21H25NO4/c1-4-25-19(23)21(2,3)18(17-13-9-6-10-14-17)22-20(24)26-15-16-11-7-5-8-12-16/h5-14,18H,4,15H2,1-3H3,(H,22,24). The van der Waals surface area contributed by atoms with Crippen molar-refractivity contribution in [3.8, 4) is 0 Å². The Bertz CT molecular complexity index is 713. The summed E-state index contributed by atoms with van der Waals surface area (Å²) in [6.07, 6.45) is -0.583. The number of carbonyl (C=O) groups excluding carboxylic acids is 2. The molecule has 0 saturated heterocycles. The van der Waals surface area contributed by atoms with E-state index in [-0.39, 0.29) is 19.2 Å². The third-order valence-electron chi connectivity index (χ3n) is 4.13. The number of nitrogens with one attached hydrogen (secondary N) is 1. The number of carbonyl (C=O) groups is 2. The molecular weight excluding hydrogens is 330 g/mol. The molecule has 0 fully saturated rings. The van der Waals surface area contributed by atoms with Crippen LogP contribution < -0.4 is 5.32 Å². The van der Waals surface area contributed by atoms with Crippen LogP contribution >= 0.6 is 0 Å². The number of esters is 1. The third-order valence-corrected chi connectivity index (χ3v) is 4.13. The van der Waals surface area contributed by atoms with Gasteiger partial charge in [-0.25, -0.2) is 4.79 Å². The van der Waals surface area contributed by atoms with Gasteiger partial charge in [-0.05, 0) is 31.9 Å². The van der Waals surface area contributed by atoms with E-state index in [0.29, 0.717) is 0 Å². The molecule has 2 aromatic carbocycles. The molecule has 1 atom stereocenters. The van der Waals surface area contributed by atoms with E-state index in [2.05, 4.69) is 5.32 Å². The summed E-state index contributed by atoms with van der Waals surface area (Å²) in [6.45, 7) is 5.70. The molecule has 0 aromatic heterocycles. The number of alkyl carbamates (subject to hydrolysis) is 1. The topological polar surface area (TPSA) is 64.6 Å². The van der Waals surface area contributed by atoms with Gasteiger partial charge in [0.2, 0.25) is 0 Å². The highest BCUT2D eigenvalue weighted by Gasteiger charge is 2.40. The Labute approximate surface area is 154 Å². The quantitative estimate of drug-likeness (QED) is 0.755. The molecule has 138 valence electrons. The van der Waals surface area contributed by atoms with Crippen LogP contribution in [-0.2, 0) is 20.9 Å². The molecule has 0 radical (unpaired) electrons. The maximum absolute atomic E-state index is 12.4. The second-order valence-corrected chi connectivity index (χ2v) is 6.49. The van der Waals surface area contributed by atoms with E-state index in [9.17, 15) is 9.59 Å². The Morgan fingerprint density at radius 3 is 2.12 bits per heavy atom. The number of hydrogen-bond donors (Lipinski definition) is 1. The predicted molar refractivity (Wildman–Crippen MR) is 99.4 cm³/mol. The first kappa shape index (κ1) is 19.5. The normalized spacial score (nSPS) is 12.1. The molecule has 2 aromatic rings. The maximum Gasteiger partial charge on any atom is 0.407 e. The summed E-state index contributed by atoms with van der Waals surface area (Å²) < 4.78 is 10.5. The molecule has 0 spiro atoms. The zero-order valence-electron chi connectivity index (χ0n) is 15.4. The van der Waals surface area contributed by atoms with Crippen molar-refractivity contribution >= 4 is 12.1 Å². The van der Waals surface area contributed by atoms with Gasteiger partial charge in [-0.3, -0.25) is 4.79 Å². The van der Waals surface area contributed by atoms with Gasteiger partial charge in [-0.15, -0.1) is 0 Å². The second kappa shape index (κ2) is 9.04. The maximum atomic E-state index is 12.4. The molecule has 0 bridgehead atoms. The molecule has 26 heavy (non-hydrogen) atoms. The lowest BCUT2D eigenvalue weighted by molar-refractivity contribution is -0.155. The number of benzene rings is 2. The first-order valence-corrected chi connectivity index (χ1v) is 8.64. The van der Waals surface area contributed by atoms with E-state index in [0.717, 1.165) is 11.1 Å². The SMILES string of the molecule is CCOC(=O)C(C)(C)C(NC(=O)OCc1ccccc1)c1ccccc1. The fourth-order valence-corrected chi connectivity index (χ4v) is 2.64. The summed E-state index contributed by atoms with van der Waals surface area (Å²) in [7, 11) is 0. The van der Waals surface area contributed by atoms with Crippen molar-refractivity contribution in [2.24, 2.45) is 5.41 Å². The van der Waals surface area contributed by atoms with Gasteiger partial charge in [0.25, 0.3) is 0 Å². The highest BCUT2D eigenvalue weighted by Crippen LogP contribution is 2.34. The average molecular weight is 355 g/mol. The minimum Gasteiger partial charge on any atom is -0.466 e. The minimum absolute atomic E-state index is 0.161. The van der Waals surface area contributed by atoms with Crippen molar-refractivity contribution in [3.63, 3.8) is 0 Å². The Hall–Kier alpha value is -2.82. The van der Waals surface area contributed by atoms with Crippen molar-refractivity contribution in [2.45, 2.75) is 33.4 Å². The smallest absolute Gasteiger partial charge is 0.407 e. The van der Waals surface area contributed by atoms with Crippen LogP contribution in [0, 0.1) is 5.41 Å². The van der Waals surface area contributed by atoms with Crippen molar-refractivity contribution in [1.82, 2.24) is 5.32 Å². The fourth-order valence-electron chi connectivity index (χ4n) is 2.64. The number of amides is 1. The van der Waals surface area contributed by atoms with Crippen molar-refractivity contribution in [1.29, 1.82) is 0 Å². The number of hydrogen-bond acceptors (Lipinski definition) is 4. The van der Waals surface area contributed by atoms with E-state index in [1.54, 1.807) is 20.8 Å².